The number of ether oxygens (including phenoxy) is 1. The second kappa shape index (κ2) is 7.13. The lowest BCUT2D eigenvalue weighted by Gasteiger charge is -2.40. The number of carbonyl (C=O) groups is 3. The molecule has 0 aromatic heterocycles. The van der Waals surface area contributed by atoms with E-state index in [0.29, 0.717) is 50.3 Å². The topological polar surface area (TPSA) is 87.2 Å². The highest BCUT2D eigenvalue weighted by atomic mass is 16.5. The van der Waals surface area contributed by atoms with Gasteiger partial charge < -0.3 is 19.6 Å². The largest absolute Gasteiger partial charge is 0.497 e. The summed E-state index contributed by atoms with van der Waals surface area (Å²) in [6, 6.07) is 7.00. The highest BCUT2D eigenvalue weighted by molar-refractivity contribution is 5.95. The molecule has 1 aromatic carbocycles. The van der Waals surface area contributed by atoms with Gasteiger partial charge in [0.2, 0.25) is 5.91 Å². The van der Waals surface area contributed by atoms with E-state index in [2.05, 4.69) is 0 Å². The van der Waals surface area contributed by atoms with E-state index < -0.39 is 17.8 Å². The highest BCUT2D eigenvalue weighted by Gasteiger charge is 2.43. The van der Waals surface area contributed by atoms with Gasteiger partial charge in [0.25, 0.3) is 5.91 Å². The summed E-state index contributed by atoms with van der Waals surface area (Å²) >= 11 is 0. The number of carboxylic acids is 1. The van der Waals surface area contributed by atoms with Crippen LogP contribution in [-0.4, -0.2) is 66.0 Å². The molecule has 1 N–H and O–H groups in total. The fourth-order valence-corrected chi connectivity index (χ4v) is 3.39. The van der Waals surface area contributed by atoms with Gasteiger partial charge in [-0.25, -0.2) is 0 Å². The molecule has 2 unspecified atom stereocenters. The van der Waals surface area contributed by atoms with Crippen LogP contribution in [0.25, 0.3) is 0 Å². The monoisotopic (exact) mass is 346 g/mol. The zero-order chi connectivity index (χ0) is 18.0. The average molecular weight is 346 g/mol. The van der Waals surface area contributed by atoms with E-state index in [0.717, 1.165) is 0 Å². The Balaban J connectivity index is 1.57. The smallest absolute Gasteiger partial charge is 0.307 e. The lowest BCUT2D eigenvalue weighted by molar-refractivity contribution is -0.157. The van der Waals surface area contributed by atoms with Crippen LogP contribution in [0.1, 0.15) is 23.2 Å². The van der Waals surface area contributed by atoms with Crippen LogP contribution in [0.15, 0.2) is 24.3 Å². The minimum atomic E-state index is -0.892. The number of amides is 2. The normalized spacial score (nSPS) is 22.9. The Morgan fingerprint density at radius 1 is 1.04 bits per heavy atom. The molecule has 25 heavy (non-hydrogen) atoms. The van der Waals surface area contributed by atoms with Crippen LogP contribution in [0.5, 0.6) is 5.75 Å². The summed E-state index contributed by atoms with van der Waals surface area (Å²) in [5.41, 5.74) is 0.559. The Labute approximate surface area is 146 Å². The van der Waals surface area contributed by atoms with E-state index >= 15 is 0 Å². The SMILES string of the molecule is COc1cccc(C(=O)N2CCN(C(=O)C3CCC3C(=O)O)CC2)c1. The minimum Gasteiger partial charge on any atom is -0.497 e. The molecule has 0 radical (unpaired) electrons. The molecule has 2 amide bonds. The number of carbonyl (C=O) groups excluding carboxylic acids is 2. The van der Waals surface area contributed by atoms with Gasteiger partial charge in [0.15, 0.2) is 0 Å². The van der Waals surface area contributed by atoms with Gasteiger partial charge in [0, 0.05) is 31.7 Å². The molecule has 1 saturated heterocycles. The van der Waals surface area contributed by atoms with Gasteiger partial charge in [-0.05, 0) is 31.0 Å². The first-order valence-corrected chi connectivity index (χ1v) is 8.46. The van der Waals surface area contributed by atoms with Crippen LogP contribution in [-0.2, 0) is 9.59 Å². The number of methoxy groups -OCH3 is 1. The van der Waals surface area contributed by atoms with Crippen LogP contribution in [0.2, 0.25) is 0 Å². The third-order valence-corrected chi connectivity index (χ3v) is 5.10. The molecule has 2 aliphatic rings. The molecule has 1 aromatic rings. The summed E-state index contributed by atoms with van der Waals surface area (Å²) in [6.07, 6.45) is 1.21. The summed E-state index contributed by atoms with van der Waals surface area (Å²) in [5, 5.41) is 9.10. The molecule has 2 atom stereocenters. The maximum absolute atomic E-state index is 12.6. The van der Waals surface area contributed by atoms with Crippen molar-refractivity contribution in [2.75, 3.05) is 33.3 Å². The molecule has 7 nitrogen and oxygen atoms in total. The standard InChI is InChI=1S/C18H22N2O5/c1-25-13-4-2-3-12(11-13)16(21)19-7-9-20(10-8-19)17(22)14-5-6-15(14)18(23)24/h2-4,11,14-15H,5-10H2,1H3,(H,23,24). The molecule has 3 rings (SSSR count). The van der Waals surface area contributed by atoms with Crippen molar-refractivity contribution in [1.82, 2.24) is 9.80 Å². The summed E-state index contributed by atoms with van der Waals surface area (Å²) in [7, 11) is 1.55. The molecule has 1 aliphatic heterocycles. The molecule has 2 fully saturated rings. The number of hydrogen-bond donors (Lipinski definition) is 1. The lowest BCUT2D eigenvalue weighted by atomic mass is 9.73. The zero-order valence-corrected chi connectivity index (χ0v) is 14.2. The number of aliphatic carboxylic acids is 1. The predicted molar refractivity (Wildman–Crippen MR) is 89.3 cm³/mol. The van der Waals surface area contributed by atoms with Gasteiger partial charge in [-0.3, -0.25) is 14.4 Å². The lowest BCUT2D eigenvalue weighted by Crippen LogP contribution is -2.54. The van der Waals surface area contributed by atoms with Crippen molar-refractivity contribution < 1.29 is 24.2 Å². The number of benzene rings is 1. The number of nitrogens with zero attached hydrogens (tertiary/aromatic N) is 2. The maximum atomic E-state index is 12.6. The van der Waals surface area contributed by atoms with Crippen molar-refractivity contribution in [2.45, 2.75) is 12.8 Å². The second-order valence-corrected chi connectivity index (χ2v) is 6.48. The predicted octanol–water partition coefficient (Wildman–Crippen LogP) is 1.09. The molecule has 134 valence electrons. The molecule has 0 spiro atoms. The van der Waals surface area contributed by atoms with Gasteiger partial charge in [0.1, 0.15) is 5.75 Å². The van der Waals surface area contributed by atoms with Gasteiger partial charge in [-0.1, -0.05) is 6.07 Å². The fraction of sp³-hybridized carbons (Fsp3) is 0.500. The van der Waals surface area contributed by atoms with Crippen LogP contribution >= 0.6 is 0 Å². The van der Waals surface area contributed by atoms with Crippen molar-refractivity contribution in [2.24, 2.45) is 11.8 Å². The van der Waals surface area contributed by atoms with Crippen molar-refractivity contribution in [1.29, 1.82) is 0 Å². The Kier molecular flexibility index (Phi) is 4.92. The summed E-state index contributed by atoms with van der Waals surface area (Å²) in [5.74, 6) is -1.40. The molecular formula is C18H22N2O5. The van der Waals surface area contributed by atoms with Gasteiger partial charge in [-0.15, -0.1) is 0 Å². The van der Waals surface area contributed by atoms with Crippen LogP contribution < -0.4 is 4.74 Å². The number of hydrogen-bond acceptors (Lipinski definition) is 4. The van der Waals surface area contributed by atoms with Gasteiger partial charge in [-0.2, -0.15) is 0 Å². The zero-order valence-electron chi connectivity index (χ0n) is 14.2. The summed E-state index contributed by atoms with van der Waals surface area (Å²) < 4.78 is 5.14. The van der Waals surface area contributed by atoms with Crippen LogP contribution in [0.4, 0.5) is 0 Å². The summed E-state index contributed by atoms with van der Waals surface area (Å²) in [4.78, 5) is 39.5. The van der Waals surface area contributed by atoms with Gasteiger partial charge >= 0.3 is 5.97 Å². The molecule has 1 saturated carbocycles. The minimum absolute atomic E-state index is 0.0851. The fourth-order valence-electron chi connectivity index (χ4n) is 3.39. The Hall–Kier alpha value is -2.57. The first kappa shape index (κ1) is 17.3. The molecule has 1 heterocycles. The summed E-state index contributed by atoms with van der Waals surface area (Å²) in [6.45, 7) is 1.78. The van der Waals surface area contributed by atoms with Crippen molar-refractivity contribution >= 4 is 17.8 Å². The van der Waals surface area contributed by atoms with E-state index in [1.54, 1.807) is 41.2 Å². The second-order valence-electron chi connectivity index (χ2n) is 6.48. The highest BCUT2D eigenvalue weighted by Crippen LogP contribution is 2.36. The number of carboxylic acid groups (broad SMARTS) is 1. The Morgan fingerprint density at radius 3 is 2.24 bits per heavy atom. The molecular weight excluding hydrogens is 324 g/mol. The molecule has 7 heteroatoms. The maximum Gasteiger partial charge on any atom is 0.307 e. The third-order valence-electron chi connectivity index (χ3n) is 5.10. The quantitative estimate of drug-likeness (QED) is 0.882. The average Bonchev–Trinajstić information content (AvgIpc) is 2.59. The van der Waals surface area contributed by atoms with Crippen molar-refractivity contribution in [3.63, 3.8) is 0 Å². The van der Waals surface area contributed by atoms with Crippen molar-refractivity contribution in [3.8, 4) is 5.75 Å². The Bertz CT molecular complexity index is 682. The van der Waals surface area contributed by atoms with E-state index in [1.165, 1.54) is 0 Å². The van der Waals surface area contributed by atoms with E-state index in [-0.39, 0.29) is 11.8 Å². The number of piperazine rings is 1. The Morgan fingerprint density at radius 2 is 1.68 bits per heavy atom. The first-order chi connectivity index (χ1) is 12.0. The van der Waals surface area contributed by atoms with Crippen LogP contribution in [0, 0.1) is 11.8 Å². The molecule has 0 bridgehead atoms. The van der Waals surface area contributed by atoms with Gasteiger partial charge in [0.05, 0.1) is 18.9 Å². The molecule has 1 aliphatic carbocycles. The van der Waals surface area contributed by atoms with E-state index in [1.807, 2.05) is 0 Å². The van der Waals surface area contributed by atoms with E-state index in [4.69, 9.17) is 9.84 Å². The number of rotatable bonds is 4. The first-order valence-electron chi connectivity index (χ1n) is 8.46. The van der Waals surface area contributed by atoms with Crippen molar-refractivity contribution in [3.05, 3.63) is 29.8 Å². The van der Waals surface area contributed by atoms with Crippen LogP contribution in [0.3, 0.4) is 0 Å². The third kappa shape index (κ3) is 3.45. The van der Waals surface area contributed by atoms with E-state index in [9.17, 15) is 14.4 Å².